The Kier molecular flexibility index (Phi) is 4.31. The third-order valence-corrected chi connectivity index (χ3v) is 4.94. The highest BCUT2D eigenvalue weighted by molar-refractivity contribution is 5.97. The van der Waals surface area contributed by atoms with Crippen LogP contribution >= 0.6 is 0 Å². The number of nitrogens with two attached hydrogens (primary N) is 1. The van der Waals surface area contributed by atoms with Crippen molar-refractivity contribution in [2.24, 2.45) is 11.7 Å². The highest BCUT2D eigenvalue weighted by Crippen LogP contribution is 2.31. The second kappa shape index (κ2) is 6.76. The maximum Gasteiger partial charge on any atom is 0.254 e. The van der Waals surface area contributed by atoms with E-state index in [1.54, 1.807) is 6.20 Å². The maximum atomic E-state index is 11.4. The van der Waals surface area contributed by atoms with Crippen molar-refractivity contribution in [1.29, 1.82) is 0 Å². The second-order valence-electron chi connectivity index (χ2n) is 6.69. The van der Waals surface area contributed by atoms with Crippen LogP contribution in [0.25, 0.3) is 0 Å². The molecule has 0 radical (unpaired) electrons. The van der Waals surface area contributed by atoms with Crippen LogP contribution in [-0.2, 0) is 6.54 Å². The fourth-order valence-corrected chi connectivity index (χ4v) is 3.62. The van der Waals surface area contributed by atoms with Crippen LogP contribution in [0.3, 0.4) is 0 Å². The highest BCUT2D eigenvalue weighted by Gasteiger charge is 2.25. The van der Waals surface area contributed by atoms with Crippen molar-refractivity contribution in [2.45, 2.75) is 25.4 Å². The van der Waals surface area contributed by atoms with Crippen LogP contribution < -0.4 is 21.1 Å². The fourth-order valence-electron chi connectivity index (χ4n) is 3.62. The summed E-state index contributed by atoms with van der Waals surface area (Å²) < 4.78 is 7.67. The Labute approximate surface area is 146 Å². The van der Waals surface area contributed by atoms with E-state index in [4.69, 9.17) is 10.5 Å². The first-order chi connectivity index (χ1) is 12.2. The van der Waals surface area contributed by atoms with Crippen LogP contribution in [0.1, 0.15) is 34.8 Å². The first-order valence-corrected chi connectivity index (χ1v) is 8.77. The number of aromatic nitrogens is 2. The zero-order valence-electron chi connectivity index (χ0n) is 14.1. The number of carbonyl (C=O) groups is 1. The van der Waals surface area contributed by atoms with Gasteiger partial charge in [0.1, 0.15) is 17.1 Å². The topological polar surface area (TPSA) is 94.2 Å². The Morgan fingerprint density at radius 2 is 2.32 bits per heavy atom. The molecule has 4 rings (SSSR count). The normalized spacial score (nSPS) is 22.1. The quantitative estimate of drug-likeness (QED) is 0.784. The Morgan fingerprint density at radius 3 is 3.20 bits per heavy atom. The molecule has 1 amide bonds. The van der Waals surface area contributed by atoms with Crippen molar-refractivity contribution in [1.82, 2.24) is 15.1 Å². The molecule has 4 N–H and O–H groups in total. The van der Waals surface area contributed by atoms with Crippen molar-refractivity contribution >= 4 is 11.7 Å². The van der Waals surface area contributed by atoms with E-state index in [0.29, 0.717) is 17.5 Å². The Morgan fingerprint density at radius 1 is 1.44 bits per heavy atom. The number of nitrogens with one attached hydrogen (secondary N) is 2. The number of rotatable bonds is 4. The minimum atomic E-state index is -0.444. The third kappa shape index (κ3) is 3.19. The number of hydrogen-bond acceptors (Lipinski definition) is 5. The number of anilines is 1. The van der Waals surface area contributed by atoms with E-state index in [2.05, 4.69) is 27.9 Å². The van der Waals surface area contributed by atoms with E-state index in [-0.39, 0.29) is 0 Å². The zero-order valence-corrected chi connectivity index (χ0v) is 14.1. The summed E-state index contributed by atoms with van der Waals surface area (Å²) in [6.45, 7) is 3.21. The SMILES string of the molecule is NC(=O)c1cnn2c1NC[C@H](CN[C@@H]1CCCOc3ccccc31)C2. The second-order valence-corrected chi connectivity index (χ2v) is 6.69. The number of hydrogen-bond donors (Lipinski definition) is 3. The number of amides is 1. The molecule has 1 aromatic carbocycles. The molecule has 2 aliphatic heterocycles. The van der Waals surface area contributed by atoms with Gasteiger partial charge in [0.15, 0.2) is 0 Å². The fraction of sp³-hybridized carbons (Fsp3) is 0.444. The molecule has 1 aromatic heterocycles. The van der Waals surface area contributed by atoms with E-state index in [1.807, 2.05) is 16.8 Å². The summed E-state index contributed by atoms with van der Waals surface area (Å²) in [6.07, 6.45) is 3.65. The van der Waals surface area contributed by atoms with E-state index >= 15 is 0 Å². The molecule has 0 fully saturated rings. The van der Waals surface area contributed by atoms with Crippen molar-refractivity contribution < 1.29 is 9.53 Å². The standard InChI is InChI=1S/C18H23N5O2/c19-17(24)14-10-22-23-11-12(9-21-18(14)23)8-20-15-5-3-7-25-16-6-2-1-4-13(15)16/h1-2,4,6,10,12,15,20-21H,3,5,7-9,11H2,(H2,19,24)/t12-,15+/m0/s1. The Bertz CT molecular complexity index is 773. The van der Waals surface area contributed by atoms with E-state index < -0.39 is 5.91 Å². The predicted octanol–water partition coefficient (Wildman–Crippen LogP) is 1.53. The lowest BCUT2D eigenvalue weighted by Crippen LogP contribution is -2.37. The minimum absolute atomic E-state index is 0.305. The summed E-state index contributed by atoms with van der Waals surface area (Å²) in [6, 6.07) is 8.56. The van der Waals surface area contributed by atoms with Gasteiger partial charge in [-0.2, -0.15) is 5.10 Å². The van der Waals surface area contributed by atoms with Gasteiger partial charge in [-0.05, 0) is 18.9 Å². The van der Waals surface area contributed by atoms with Gasteiger partial charge in [-0.1, -0.05) is 18.2 Å². The molecule has 25 heavy (non-hydrogen) atoms. The van der Waals surface area contributed by atoms with Crippen LogP contribution in [-0.4, -0.2) is 35.4 Å². The first kappa shape index (κ1) is 16.0. The maximum absolute atomic E-state index is 11.4. The first-order valence-electron chi connectivity index (χ1n) is 8.77. The molecular formula is C18H23N5O2. The Hall–Kier alpha value is -2.54. The van der Waals surface area contributed by atoms with Gasteiger partial charge >= 0.3 is 0 Å². The molecule has 2 aromatic rings. The molecule has 0 aliphatic carbocycles. The molecule has 132 valence electrons. The van der Waals surface area contributed by atoms with Gasteiger partial charge in [0.05, 0.1) is 12.8 Å². The molecular weight excluding hydrogens is 318 g/mol. The van der Waals surface area contributed by atoms with Gasteiger partial charge < -0.3 is 21.1 Å². The Balaban J connectivity index is 1.41. The monoisotopic (exact) mass is 341 g/mol. The number of fused-ring (bicyclic) bond motifs is 2. The summed E-state index contributed by atoms with van der Waals surface area (Å²) in [5, 5.41) is 11.3. The van der Waals surface area contributed by atoms with E-state index in [9.17, 15) is 4.79 Å². The van der Waals surface area contributed by atoms with Gasteiger partial charge in [0.2, 0.25) is 0 Å². The minimum Gasteiger partial charge on any atom is -0.493 e. The van der Waals surface area contributed by atoms with Crippen LogP contribution in [0.4, 0.5) is 5.82 Å². The molecule has 0 saturated carbocycles. The predicted molar refractivity (Wildman–Crippen MR) is 94.6 cm³/mol. The summed E-state index contributed by atoms with van der Waals surface area (Å²) in [4.78, 5) is 11.4. The van der Waals surface area contributed by atoms with Gasteiger partial charge in [0.25, 0.3) is 5.91 Å². The van der Waals surface area contributed by atoms with Gasteiger partial charge in [-0.15, -0.1) is 0 Å². The van der Waals surface area contributed by atoms with Gasteiger partial charge in [-0.3, -0.25) is 4.79 Å². The van der Waals surface area contributed by atoms with Crippen molar-refractivity contribution in [2.75, 3.05) is 25.0 Å². The van der Waals surface area contributed by atoms with E-state index in [0.717, 1.165) is 50.7 Å². The largest absolute Gasteiger partial charge is 0.493 e. The van der Waals surface area contributed by atoms with Crippen molar-refractivity contribution in [3.05, 3.63) is 41.6 Å². The van der Waals surface area contributed by atoms with Crippen molar-refractivity contribution in [3.63, 3.8) is 0 Å². The van der Waals surface area contributed by atoms with Crippen LogP contribution in [0.15, 0.2) is 30.5 Å². The van der Waals surface area contributed by atoms with Crippen LogP contribution in [0.2, 0.25) is 0 Å². The lowest BCUT2D eigenvalue weighted by atomic mass is 10.0. The molecule has 3 heterocycles. The molecule has 0 spiro atoms. The number of para-hydroxylation sites is 1. The van der Waals surface area contributed by atoms with E-state index in [1.165, 1.54) is 5.56 Å². The summed E-state index contributed by atoms with van der Waals surface area (Å²) in [5.41, 5.74) is 7.07. The average Bonchev–Trinajstić information content (AvgIpc) is 2.94. The molecule has 0 bridgehead atoms. The molecule has 2 aliphatic rings. The smallest absolute Gasteiger partial charge is 0.254 e. The van der Waals surface area contributed by atoms with Crippen molar-refractivity contribution in [3.8, 4) is 5.75 Å². The molecule has 7 heteroatoms. The molecule has 0 saturated heterocycles. The highest BCUT2D eigenvalue weighted by atomic mass is 16.5. The molecule has 0 unspecified atom stereocenters. The summed E-state index contributed by atoms with van der Waals surface area (Å²) >= 11 is 0. The number of nitrogens with zero attached hydrogens (tertiary/aromatic N) is 2. The van der Waals surface area contributed by atoms with Gasteiger partial charge in [0, 0.05) is 37.2 Å². The zero-order chi connectivity index (χ0) is 17.2. The number of ether oxygens (including phenoxy) is 1. The summed E-state index contributed by atoms with van der Waals surface area (Å²) in [7, 11) is 0. The lowest BCUT2D eigenvalue weighted by molar-refractivity contribution is 0.100. The lowest BCUT2D eigenvalue weighted by Gasteiger charge is -2.28. The number of primary amides is 1. The summed E-state index contributed by atoms with van der Waals surface area (Å²) in [5.74, 6) is 1.67. The number of benzene rings is 1. The molecule has 7 nitrogen and oxygen atoms in total. The van der Waals surface area contributed by atoms with Crippen LogP contribution in [0, 0.1) is 5.92 Å². The third-order valence-electron chi connectivity index (χ3n) is 4.94. The van der Waals surface area contributed by atoms with Crippen LogP contribution in [0.5, 0.6) is 5.75 Å². The molecule has 2 atom stereocenters. The average molecular weight is 341 g/mol. The van der Waals surface area contributed by atoms with Gasteiger partial charge in [-0.25, -0.2) is 4.68 Å². The number of carbonyl (C=O) groups excluding carboxylic acids is 1.